The molecule has 1 fully saturated rings. The molecule has 1 aliphatic carbocycles. The van der Waals surface area contributed by atoms with Crippen LogP contribution >= 0.6 is 0 Å². The summed E-state index contributed by atoms with van der Waals surface area (Å²) in [6.45, 7) is 0.607. The van der Waals surface area contributed by atoms with Gasteiger partial charge in [-0.2, -0.15) is 0 Å². The van der Waals surface area contributed by atoms with Gasteiger partial charge in [0.2, 0.25) is 5.91 Å². The minimum Gasteiger partial charge on any atom is -0.396 e. The summed E-state index contributed by atoms with van der Waals surface area (Å²) in [5.41, 5.74) is 7.25. The van der Waals surface area contributed by atoms with Crippen LogP contribution in [-0.4, -0.2) is 24.2 Å². The van der Waals surface area contributed by atoms with E-state index in [0.29, 0.717) is 6.54 Å². The Hall–Kier alpha value is -1.39. The van der Waals surface area contributed by atoms with Gasteiger partial charge in [-0.25, -0.2) is 0 Å². The number of rotatable bonds is 6. The van der Waals surface area contributed by atoms with Crippen LogP contribution < -0.4 is 11.1 Å². The first-order valence-corrected chi connectivity index (χ1v) is 6.41. The molecule has 0 radical (unpaired) electrons. The molecule has 1 aliphatic rings. The number of aryl methyl sites for hydroxylation is 1. The smallest absolute Gasteiger partial charge is 0.231 e. The molecule has 0 aliphatic heterocycles. The number of anilines is 1. The van der Waals surface area contributed by atoms with Crippen LogP contribution in [0.3, 0.4) is 0 Å². The molecule has 98 valence electrons. The molecule has 18 heavy (non-hydrogen) atoms. The summed E-state index contributed by atoms with van der Waals surface area (Å²) in [4.78, 5) is 12.0. The minimum absolute atomic E-state index is 0.0318. The van der Waals surface area contributed by atoms with E-state index in [9.17, 15) is 4.79 Å². The number of carbonyl (C=O) groups excluding carboxylic acids is 1. The number of amides is 1. The molecule has 2 rings (SSSR count). The van der Waals surface area contributed by atoms with Crippen molar-refractivity contribution in [1.29, 1.82) is 0 Å². The van der Waals surface area contributed by atoms with Gasteiger partial charge in [0.1, 0.15) is 0 Å². The van der Waals surface area contributed by atoms with Crippen molar-refractivity contribution in [3.63, 3.8) is 0 Å². The molecule has 1 aromatic carbocycles. The van der Waals surface area contributed by atoms with Crippen molar-refractivity contribution in [2.75, 3.05) is 18.5 Å². The number of nitrogens with two attached hydrogens (primary N) is 1. The van der Waals surface area contributed by atoms with Crippen LogP contribution in [0, 0.1) is 5.41 Å². The first-order valence-electron chi connectivity index (χ1n) is 6.41. The summed E-state index contributed by atoms with van der Waals surface area (Å²) in [7, 11) is 0. The highest BCUT2D eigenvalue weighted by Crippen LogP contribution is 2.45. The predicted octanol–water partition coefficient (Wildman–Crippen LogP) is 1.29. The maximum Gasteiger partial charge on any atom is 0.231 e. The molecule has 0 atom stereocenters. The molecule has 0 spiro atoms. The van der Waals surface area contributed by atoms with Gasteiger partial charge >= 0.3 is 0 Å². The fourth-order valence-electron chi connectivity index (χ4n) is 2.03. The fourth-order valence-corrected chi connectivity index (χ4v) is 2.03. The quantitative estimate of drug-likeness (QED) is 0.710. The lowest BCUT2D eigenvalue weighted by Crippen LogP contribution is -2.30. The second-order valence-electron chi connectivity index (χ2n) is 4.97. The largest absolute Gasteiger partial charge is 0.396 e. The number of aliphatic hydroxyl groups is 1. The lowest BCUT2D eigenvalue weighted by molar-refractivity contribution is -0.120. The van der Waals surface area contributed by atoms with Crippen molar-refractivity contribution < 1.29 is 9.90 Å². The highest BCUT2D eigenvalue weighted by molar-refractivity contribution is 5.97. The molecule has 4 N–H and O–H groups in total. The molecule has 4 nitrogen and oxygen atoms in total. The van der Waals surface area contributed by atoms with E-state index in [4.69, 9.17) is 10.8 Å². The van der Waals surface area contributed by atoms with Gasteiger partial charge in [-0.05, 0) is 43.4 Å². The lowest BCUT2D eigenvalue weighted by Gasteiger charge is -2.13. The Morgan fingerprint density at radius 1 is 1.44 bits per heavy atom. The summed E-state index contributed by atoms with van der Waals surface area (Å²) in [5.74, 6) is 0.0318. The summed E-state index contributed by atoms with van der Waals surface area (Å²) < 4.78 is 0. The highest BCUT2D eigenvalue weighted by atomic mass is 16.2. The van der Waals surface area contributed by atoms with E-state index < -0.39 is 0 Å². The van der Waals surface area contributed by atoms with Crippen LogP contribution in [0.25, 0.3) is 0 Å². The number of nitrogens with one attached hydrogen (secondary N) is 1. The summed E-state index contributed by atoms with van der Waals surface area (Å²) >= 11 is 0. The molecule has 0 heterocycles. The molecule has 1 aromatic rings. The first-order chi connectivity index (χ1) is 8.70. The number of benzene rings is 1. The number of hydrogen-bond acceptors (Lipinski definition) is 3. The Bertz CT molecular complexity index is 428. The van der Waals surface area contributed by atoms with E-state index in [1.165, 1.54) is 0 Å². The molecular weight excluding hydrogens is 228 g/mol. The Balaban J connectivity index is 1.98. The Morgan fingerprint density at radius 3 is 2.83 bits per heavy atom. The van der Waals surface area contributed by atoms with Crippen LogP contribution in [0.1, 0.15) is 24.8 Å². The van der Waals surface area contributed by atoms with E-state index in [0.717, 1.165) is 36.9 Å². The molecule has 0 bridgehead atoms. The first kappa shape index (κ1) is 13.1. The second-order valence-corrected chi connectivity index (χ2v) is 4.97. The maximum absolute atomic E-state index is 12.0. The van der Waals surface area contributed by atoms with Crippen molar-refractivity contribution in [2.45, 2.75) is 25.7 Å². The van der Waals surface area contributed by atoms with Gasteiger partial charge in [0.15, 0.2) is 0 Å². The molecule has 1 amide bonds. The number of carbonyl (C=O) groups is 1. The maximum atomic E-state index is 12.0. The van der Waals surface area contributed by atoms with Crippen molar-refractivity contribution in [3.8, 4) is 0 Å². The van der Waals surface area contributed by atoms with E-state index >= 15 is 0 Å². The van der Waals surface area contributed by atoms with Gasteiger partial charge in [-0.15, -0.1) is 0 Å². The zero-order valence-corrected chi connectivity index (χ0v) is 10.5. The van der Waals surface area contributed by atoms with E-state index in [1.807, 2.05) is 24.3 Å². The standard InChI is InChI=1S/C14H20N2O2/c15-10-14(6-7-14)13(18)16-12-5-1-3-11(9-12)4-2-8-17/h1,3,5,9,17H,2,4,6-8,10,15H2,(H,16,18). The van der Waals surface area contributed by atoms with Crippen molar-refractivity contribution in [2.24, 2.45) is 11.1 Å². The minimum atomic E-state index is -0.318. The predicted molar refractivity (Wildman–Crippen MR) is 71.2 cm³/mol. The second kappa shape index (κ2) is 5.50. The van der Waals surface area contributed by atoms with Gasteiger partial charge in [0, 0.05) is 18.8 Å². The molecule has 4 heteroatoms. The average Bonchev–Trinajstić information content (AvgIpc) is 3.18. The molecular formula is C14H20N2O2. The van der Waals surface area contributed by atoms with Gasteiger partial charge in [0.05, 0.1) is 5.41 Å². The number of hydrogen-bond donors (Lipinski definition) is 3. The summed E-state index contributed by atoms with van der Waals surface area (Å²) in [5, 5.41) is 11.7. The van der Waals surface area contributed by atoms with Crippen LogP contribution in [0.2, 0.25) is 0 Å². The van der Waals surface area contributed by atoms with Gasteiger partial charge < -0.3 is 16.2 Å². The Morgan fingerprint density at radius 2 is 2.22 bits per heavy atom. The third-order valence-electron chi connectivity index (χ3n) is 3.53. The Labute approximate surface area is 107 Å². The van der Waals surface area contributed by atoms with Gasteiger partial charge in [-0.3, -0.25) is 4.79 Å². The van der Waals surface area contributed by atoms with Gasteiger partial charge in [-0.1, -0.05) is 12.1 Å². The van der Waals surface area contributed by atoms with Gasteiger partial charge in [0.25, 0.3) is 0 Å². The van der Waals surface area contributed by atoms with Crippen molar-refractivity contribution in [1.82, 2.24) is 0 Å². The normalized spacial score (nSPS) is 16.3. The highest BCUT2D eigenvalue weighted by Gasteiger charge is 2.48. The third kappa shape index (κ3) is 2.89. The van der Waals surface area contributed by atoms with E-state index in [2.05, 4.69) is 5.32 Å². The number of aliphatic hydroxyl groups excluding tert-OH is 1. The van der Waals surface area contributed by atoms with Crippen LogP contribution in [0.4, 0.5) is 5.69 Å². The molecule has 0 aromatic heterocycles. The summed E-state index contributed by atoms with van der Waals surface area (Å²) in [6.07, 6.45) is 3.34. The fraction of sp³-hybridized carbons (Fsp3) is 0.500. The van der Waals surface area contributed by atoms with Crippen LogP contribution in [-0.2, 0) is 11.2 Å². The molecule has 0 saturated heterocycles. The average molecular weight is 248 g/mol. The van der Waals surface area contributed by atoms with E-state index in [1.54, 1.807) is 0 Å². The molecule has 0 unspecified atom stereocenters. The van der Waals surface area contributed by atoms with Crippen molar-refractivity contribution >= 4 is 11.6 Å². The van der Waals surface area contributed by atoms with Crippen LogP contribution in [0.15, 0.2) is 24.3 Å². The molecule has 1 saturated carbocycles. The van der Waals surface area contributed by atoms with E-state index in [-0.39, 0.29) is 17.9 Å². The van der Waals surface area contributed by atoms with Crippen molar-refractivity contribution in [3.05, 3.63) is 29.8 Å². The monoisotopic (exact) mass is 248 g/mol. The SMILES string of the molecule is NCC1(C(=O)Nc2cccc(CCCO)c2)CC1. The zero-order valence-electron chi connectivity index (χ0n) is 10.5. The summed E-state index contributed by atoms with van der Waals surface area (Å²) in [6, 6.07) is 7.76. The third-order valence-corrected chi connectivity index (χ3v) is 3.53. The Kier molecular flexibility index (Phi) is 3.99. The topological polar surface area (TPSA) is 75.4 Å². The zero-order chi connectivity index (χ0) is 13.0. The van der Waals surface area contributed by atoms with Crippen LogP contribution in [0.5, 0.6) is 0 Å². The lowest BCUT2D eigenvalue weighted by atomic mass is 10.1.